The van der Waals surface area contributed by atoms with E-state index in [1.54, 1.807) is 12.4 Å². The van der Waals surface area contributed by atoms with Crippen molar-refractivity contribution in [2.45, 2.75) is 12.8 Å². The Morgan fingerprint density at radius 3 is 1.75 bits per heavy atom. The Balaban J connectivity index is 0.000000120. The summed E-state index contributed by atoms with van der Waals surface area (Å²) in [7, 11) is 0. The number of nitrogens with two attached hydrogens (primary N) is 1. The van der Waals surface area contributed by atoms with Crippen molar-refractivity contribution in [3.63, 3.8) is 0 Å². The Morgan fingerprint density at radius 2 is 1.58 bits per heavy atom. The Bertz CT molecular complexity index is 156. The van der Waals surface area contributed by atoms with E-state index in [0.29, 0.717) is 0 Å². The summed E-state index contributed by atoms with van der Waals surface area (Å²) in [5, 5.41) is 1.86. The SMILES string of the molecule is NN1CCCC1.c1ccncc1. The van der Waals surface area contributed by atoms with E-state index < -0.39 is 0 Å². The van der Waals surface area contributed by atoms with Gasteiger partial charge in [-0.3, -0.25) is 10.8 Å². The second-order valence-corrected chi connectivity index (χ2v) is 2.77. The monoisotopic (exact) mass is 165 g/mol. The zero-order valence-electron chi connectivity index (χ0n) is 7.19. The van der Waals surface area contributed by atoms with Gasteiger partial charge >= 0.3 is 0 Å². The Kier molecular flexibility index (Phi) is 4.34. The van der Waals surface area contributed by atoms with Crippen molar-refractivity contribution in [1.29, 1.82) is 0 Å². The summed E-state index contributed by atoms with van der Waals surface area (Å²) >= 11 is 0. The molecule has 0 bridgehead atoms. The fraction of sp³-hybridized carbons (Fsp3) is 0.444. The molecule has 1 fully saturated rings. The average Bonchev–Trinajstić information content (AvgIpc) is 2.60. The molecule has 0 aliphatic carbocycles. The molecule has 1 saturated heterocycles. The number of hydrogen-bond donors (Lipinski definition) is 1. The van der Waals surface area contributed by atoms with Gasteiger partial charge in [0.1, 0.15) is 0 Å². The second-order valence-electron chi connectivity index (χ2n) is 2.77. The normalized spacial score (nSPS) is 16.8. The van der Waals surface area contributed by atoms with E-state index in [1.165, 1.54) is 12.8 Å². The zero-order valence-corrected chi connectivity index (χ0v) is 7.19. The van der Waals surface area contributed by atoms with E-state index in [-0.39, 0.29) is 0 Å². The Labute approximate surface area is 73.2 Å². The lowest BCUT2D eigenvalue weighted by atomic mass is 10.4. The first-order valence-electron chi connectivity index (χ1n) is 4.24. The highest BCUT2D eigenvalue weighted by Gasteiger charge is 2.03. The van der Waals surface area contributed by atoms with Crippen LogP contribution in [0.25, 0.3) is 0 Å². The van der Waals surface area contributed by atoms with Gasteiger partial charge < -0.3 is 0 Å². The predicted octanol–water partition coefficient (Wildman–Crippen LogP) is 1.04. The van der Waals surface area contributed by atoms with Gasteiger partial charge in [0, 0.05) is 25.5 Å². The van der Waals surface area contributed by atoms with E-state index in [4.69, 9.17) is 5.84 Å². The molecule has 1 aromatic heterocycles. The summed E-state index contributed by atoms with van der Waals surface area (Å²) < 4.78 is 0. The molecule has 1 aliphatic heterocycles. The van der Waals surface area contributed by atoms with Crippen LogP contribution in [0.3, 0.4) is 0 Å². The summed E-state index contributed by atoms with van der Waals surface area (Å²) in [5.74, 6) is 5.37. The lowest BCUT2D eigenvalue weighted by Crippen LogP contribution is -2.26. The van der Waals surface area contributed by atoms with Crippen molar-refractivity contribution in [3.05, 3.63) is 30.6 Å². The van der Waals surface area contributed by atoms with Crippen LogP contribution in [0.4, 0.5) is 0 Å². The van der Waals surface area contributed by atoms with Crippen LogP contribution >= 0.6 is 0 Å². The minimum atomic E-state index is 1.10. The highest BCUT2D eigenvalue weighted by molar-refractivity contribution is 4.88. The maximum atomic E-state index is 5.37. The van der Waals surface area contributed by atoms with Gasteiger partial charge in [0.15, 0.2) is 0 Å². The van der Waals surface area contributed by atoms with Gasteiger partial charge in [-0.15, -0.1) is 0 Å². The van der Waals surface area contributed by atoms with Crippen LogP contribution in [0.5, 0.6) is 0 Å². The van der Waals surface area contributed by atoms with Gasteiger partial charge in [0.05, 0.1) is 0 Å². The summed E-state index contributed by atoms with van der Waals surface area (Å²) in [5.41, 5.74) is 0. The number of rotatable bonds is 0. The van der Waals surface area contributed by atoms with Crippen LogP contribution < -0.4 is 5.84 Å². The molecule has 0 atom stereocenters. The van der Waals surface area contributed by atoms with Gasteiger partial charge in [0.2, 0.25) is 0 Å². The van der Waals surface area contributed by atoms with Gasteiger partial charge in [-0.25, -0.2) is 5.01 Å². The fourth-order valence-electron chi connectivity index (χ4n) is 1.05. The number of hydrogen-bond acceptors (Lipinski definition) is 3. The first-order chi connectivity index (χ1) is 5.89. The summed E-state index contributed by atoms with van der Waals surface area (Å²) in [6, 6.07) is 5.72. The second kappa shape index (κ2) is 5.69. The van der Waals surface area contributed by atoms with Crippen molar-refractivity contribution in [2.24, 2.45) is 5.84 Å². The molecule has 2 N–H and O–H groups in total. The molecule has 0 saturated carbocycles. The molecule has 0 spiro atoms. The predicted molar refractivity (Wildman–Crippen MR) is 49.2 cm³/mol. The minimum Gasteiger partial charge on any atom is -0.269 e. The van der Waals surface area contributed by atoms with Crippen LogP contribution in [0.1, 0.15) is 12.8 Å². The van der Waals surface area contributed by atoms with Crippen LogP contribution in [0.15, 0.2) is 30.6 Å². The molecule has 0 amide bonds. The highest BCUT2D eigenvalue weighted by atomic mass is 15.4. The molecular formula is C9H15N3. The molecule has 0 radical (unpaired) electrons. The largest absolute Gasteiger partial charge is 0.269 e. The highest BCUT2D eigenvalue weighted by Crippen LogP contribution is 1.99. The maximum Gasteiger partial charge on any atom is 0.0267 e. The third-order valence-corrected chi connectivity index (χ3v) is 1.71. The van der Waals surface area contributed by atoms with E-state index in [2.05, 4.69) is 4.98 Å². The van der Waals surface area contributed by atoms with E-state index in [0.717, 1.165) is 13.1 Å². The molecule has 66 valence electrons. The first-order valence-corrected chi connectivity index (χ1v) is 4.24. The average molecular weight is 165 g/mol. The third kappa shape index (κ3) is 4.05. The molecule has 1 aromatic rings. The molecule has 3 heteroatoms. The Morgan fingerprint density at radius 1 is 1.00 bits per heavy atom. The smallest absolute Gasteiger partial charge is 0.0267 e. The number of pyridine rings is 1. The molecule has 3 nitrogen and oxygen atoms in total. The lowest BCUT2D eigenvalue weighted by Gasteiger charge is -2.01. The first kappa shape index (κ1) is 9.16. The van der Waals surface area contributed by atoms with Crippen LogP contribution in [-0.4, -0.2) is 23.1 Å². The molecule has 2 heterocycles. The fourth-order valence-corrected chi connectivity index (χ4v) is 1.05. The standard InChI is InChI=1S/C5H5N.C4H10N2/c1-2-4-6-5-3-1;5-6-3-1-2-4-6/h1-5H;1-5H2. The topological polar surface area (TPSA) is 42.1 Å². The zero-order chi connectivity index (χ0) is 8.65. The van der Waals surface area contributed by atoms with Crippen molar-refractivity contribution in [1.82, 2.24) is 9.99 Å². The van der Waals surface area contributed by atoms with Crippen LogP contribution in [0.2, 0.25) is 0 Å². The van der Waals surface area contributed by atoms with Crippen molar-refractivity contribution < 1.29 is 0 Å². The van der Waals surface area contributed by atoms with Gasteiger partial charge in [-0.2, -0.15) is 0 Å². The lowest BCUT2D eigenvalue weighted by molar-refractivity contribution is 0.355. The van der Waals surface area contributed by atoms with Crippen molar-refractivity contribution >= 4 is 0 Å². The summed E-state index contributed by atoms with van der Waals surface area (Å²) in [4.78, 5) is 3.78. The van der Waals surface area contributed by atoms with E-state index >= 15 is 0 Å². The van der Waals surface area contributed by atoms with E-state index in [1.807, 2.05) is 23.2 Å². The molecule has 0 aromatic carbocycles. The van der Waals surface area contributed by atoms with Crippen LogP contribution in [0, 0.1) is 0 Å². The van der Waals surface area contributed by atoms with E-state index in [9.17, 15) is 0 Å². The molecule has 12 heavy (non-hydrogen) atoms. The van der Waals surface area contributed by atoms with Crippen molar-refractivity contribution in [2.75, 3.05) is 13.1 Å². The summed E-state index contributed by atoms with van der Waals surface area (Å²) in [6.07, 6.45) is 6.08. The summed E-state index contributed by atoms with van der Waals surface area (Å²) in [6.45, 7) is 2.19. The maximum absolute atomic E-state index is 5.37. The molecule has 0 unspecified atom stereocenters. The minimum absolute atomic E-state index is 1.10. The van der Waals surface area contributed by atoms with Crippen LogP contribution in [-0.2, 0) is 0 Å². The molecule has 1 aliphatic rings. The Hall–Kier alpha value is -0.930. The molecule has 2 rings (SSSR count). The number of nitrogens with zero attached hydrogens (tertiary/aromatic N) is 2. The number of hydrazine groups is 1. The number of aromatic nitrogens is 1. The quantitative estimate of drug-likeness (QED) is 0.584. The molecular weight excluding hydrogens is 150 g/mol. The van der Waals surface area contributed by atoms with Gasteiger partial charge in [-0.1, -0.05) is 6.07 Å². The van der Waals surface area contributed by atoms with Crippen molar-refractivity contribution in [3.8, 4) is 0 Å². The third-order valence-electron chi connectivity index (χ3n) is 1.71. The van der Waals surface area contributed by atoms with Gasteiger partial charge in [-0.05, 0) is 25.0 Å². The van der Waals surface area contributed by atoms with Gasteiger partial charge in [0.25, 0.3) is 0 Å².